The van der Waals surface area contributed by atoms with Crippen molar-refractivity contribution >= 4 is 5.78 Å². The van der Waals surface area contributed by atoms with E-state index in [1.54, 1.807) is 0 Å². The molecule has 2 heteroatoms. The van der Waals surface area contributed by atoms with Crippen molar-refractivity contribution in [3.63, 3.8) is 0 Å². The number of carbonyl (C=O) groups is 1. The van der Waals surface area contributed by atoms with Crippen molar-refractivity contribution in [2.75, 3.05) is 6.54 Å². The van der Waals surface area contributed by atoms with E-state index in [2.05, 4.69) is 17.4 Å². The first-order valence-electron chi connectivity index (χ1n) is 5.10. The standard InChI is InChI=1S/C12H15NO/c1-9-11(14)7-8-13-12(9)10-5-3-2-4-6-10/h2-6,9,12-13H,7-8H2,1H3/t9-,12+/m1/s1. The summed E-state index contributed by atoms with van der Waals surface area (Å²) in [6.07, 6.45) is 0.671. The molecule has 1 fully saturated rings. The minimum atomic E-state index is 0.103. The van der Waals surface area contributed by atoms with Gasteiger partial charge in [0.15, 0.2) is 0 Å². The monoisotopic (exact) mass is 189 g/mol. The van der Waals surface area contributed by atoms with Crippen LogP contribution in [0.25, 0.3) is 0 Å². The number of rotatable bonds is 1. The van der Waals surface area contributed by atoms with Gasteiger partial charge in [-0.2, -0.15) is 0 Å². The van der Waals surface area contributed by atoms with E-state index < -0.39 is 0 Å². The molecular weight excluding hydrogens is 174 g/mol. The maximum Gasteiger partial charge on any atom is 0.138 e. The zero-order valence-corrected chi connectivity index (χ0v) is 8.36. The Labute approximate surface area is 84.3 Å². The zero-order valence-electron chi connectivity index (χ0n) is 8.36. The number of piperidine rings is 1. The van der Waals surface area contributed by atoms with Gasteiger partial charge in [-0.3, -0.25) is 4.79 Å². The topological polar surface area (TPSA) is 29.1 Å². The van der Waals surface area contributed by atoms with Gasteiger partial charge in [-0.15, -0.1) is 0 Å². The lowest BCUT2D eigenvalue weighted by Gasteiger charge is -2.29. The Balaban J connectivity index is 2.22. The second-order valence-electron chi connectivity index (χ2n) is 3.85. The van der Waals surface area contributed by atoms with Crippen LogP contribution < -0.4 is 5.32 Å². The normalized spacial score (nSPS) is 27.6. The zero-order chi connectivity index (χ0) is 9.97. The Morgan fingerprint density at radius 3 is 2.71 bits per heavy atom. The number of hydrogen-bond acceptors (Lipinski definition) is 2. The fourth-order valence-electron chi connectivity index (χ4n) is 2.01. The van der Waals surface area contributed by atoms with Crippen molar-refractivity contribution in [2.45, 2.75) is 19.4 Å². The summed E-state index contributed by atoms with van der Waals surface area (Å²) >= 11 is 0. The fraction of sp³-hybridized carbons (Fsp3) is 0.417. The summed E-state index contributed by atoms with van der Waals surface area (Å²) in [7, 11) is 0. The highest BCUT2D eigenvalue weighted by molar-refractivity contribution is 5.82. The highest BCUT2D eigenvalue weighted by Crippen LogP contribution is 2.26. The van der Waals surface area contributed by atoms with Crippen molar-refractivity contribution in [3.8, 4) is 0 Å². The van der Waals surface area contributed by atoms with E-state index in [0.29, 0.717) is 12.2 Å². The average Bonchev–Trinajstić information content (AvgIpc) is 2.23. The summed E-state index contributed by atoms with van der Waals surface area (Å²) < 4.78 is 0. The molecule has 1 N–H and O–H groups in total. The van der Waals surface area contributed by atoms with Crippen LogP contribution in [0.3, 0.4) is 0 Å². The molecule has 2 nitrogen and oxygen atoms in total. The number of ketones is 1. The van der Waals surface area contributed by atoms with Crippen LogP contribution in [-0.4, -0.2) is 12.3 Å². The first kappa shape index (κ1) is 9.41. The first-order chi connectivity index (χ1) is 6.79. The lowest BCUT2D eigenvalue weighted by Crippen LogP contribution is -2.38. The van der Waals surface area contributed by atoms with Crippen LogP contribution in [0.15, 0.2) is 30.3 Å². The summed E-state index contributed by atoms with van der Waals surface area (Å²) in [4.78, 5) is 11.5. The number of hydrogen-bond donors (Lipinski definition) is 1. The number of Topliss-reactive ketones (excluding diaryl/α,β-unsaturated/α-hetero) is 1. The third-order valence-electron chi connectivity index (χ3n) is 2.90. The minimum absolute atomic E-state index is 0.103. The largest absolute Gasteiger partial charge is 0.309 e. The molecule has 0 spiro atoms. The van der Waals surface area contributed by atoms with Crippen molar-refractivity contribution in [3.05, 3.63) is 35.9 Å². The van der Waals surface area contributed by atoms with Crippen molar-refractivity contribution in [1.29, 1.82) is 0 Å². The Kier molecular flexibility index (Phi) is 2.64. The molecule has 1 heterocycles. The molecule has 0 bridgehead atoms. The molecule has 1 saturated heterocycles. The maximum atomic E-state index is 11.5. The van der Waals surface area contributed by atoms with Crippen LogP contribution in [0.5, 0.6) is 0 Å². The van der Waals surface area contributed by atoms with Crippen LogP contribution in [0.4, 0.5) is 0 Å². The van der Waals surface area contributed by atoms with Gasteiger partial charge in [0.25, 0.3) is 0 Å². The summed E-state index contributed by atoms with van der Waals surface area (Å²) in [6.45, 7) is 2.81. The molecule has 0 amide bonds. The molecule has 0 radical (unpaired) electrons. The molecule has 1 aliphatic heterocycles. The first-order valence-corrected chi connectivity index (χ1v) is 5.10. The summed E-state index contributed by atoms with van der Waals surface area (Å²) in [6, 6.07) is 10.4. The maximum absolute atomic E-state index is 11.5. The molecule has 0 aromatic heterocycles. The molecule has 2 rings (SSSR count). The van der Waals surface area contributed by atoms with E-state index in [9.17, 15) is 4.79 Å². The number of carbonyl (C=O) groups excluding carboxylic acids is 1. The van der Waals surface area contributed by atoms with Crippen LogP contribution in [-0.2, 0) is 4.79 Å². The van der Waals surface area contributed by atoms with Gasteiger partial charge in [-0.25, -0.2) is 0 Å². The van der Waals surface area contributed by atoms with Crippen molar-refractivity contribution in [1.82, 2.24) is 5.32 Å². The summed E-state index contributed by atoms with van der Waals surface area (Å²) in [5.41, 5.74) is 1.22. The molecule has 14 heavy (non-hydrogen) atoms. The molecule has 0 saturated carbocycles. The molecule has 0 unspecified atom stereocenters. The fourth-order valence-corrected chi connectivity index (χ4v) is 2.01. The molecule has 2 atom stereocenters. The quantitative estimate of drug-likeness (QED) is 0.731. The van der Waals surface area contributed by atoms with Gasteiger partial charge in [-0.05, 0) is 5.56 Å². The van der Waals surface area contributed by atoms with E-state index in [4.69, 9.17) is 0 Å². The Morgan fingerprint density at radius 2 is 2.00 bits per heavy atom. The van der Waals surface area contributed by atoms with Crippen LogP contribution >= 0.6 is 0 Å². The van der Waals surface area contributed by atoms with Crippen LogP contribution in [0, 0.1) is 5.92 Å². The third kappa shape index (κ3) is 1.70. The second-order valence-corrected chi connectivity index (χ2v) is 3.85. The van der Waals surface area contributed by atoms with E-state index >= 15 is 0 Å². The van der Waals surface area contributed by atoms with Crippen LogP contribution in [0.1, 0.15) is 24.9 Å². The Morgan fingerprint density at radius 1 is 1.29 bits per heavy atom. The lowest BCUT2D eigenvalue weighted by atomic mass is 9.87. The predicted octanol–water partition coefficient (Wildman–Crippen LogP) is 1.93. The average molecular weight is 189 g/mol. The van der Waals surface area contributed by atoms with Gasteiger partial charge in [0.05, 0.1) is 0 Å². The highest BCUT2D eigenvalue weighted by Gasteiger charge is 2.28. The van der Waals surface area contributed by atoms with Crippen molar-refractivity contribution < 1.29 is 4.79 Å². The summed E-state index contributed by atoms with van der Waals surface area (Å²) in [5.74, 6) is 0.476. The van der Waals surface area contributed by atoms with Gasteiger partial charge in [-0.1, -0.05) is 37.3 Å². The highest BCUT2D eigenvalue weighted by atomic mass is 16.1. The van der Waals surface area contributed by atoms with Gasteiger partial charge in [0, 0.05) is 24.9 Å². The lowest BCUT2D eigenvalue weighted by molar-refractivity contribution is -0.124. The van der Waals surface area contributed by atoms with Gasteiger partial charge >= 0.3 is 0 Å². The smallest absolute Gasteiger partial charge is 0.138 e. The van der Waals surface area contributed by atoms with Crippen LogP contribution in [0.2, 0.25) is 0 Å². The Hall–Kier alpha value is -1.15. The molecular formula is C12H15NO. The minimum Gasteiger partial charge on any atom is -0.309 e. The van der Waals surface area contributed by atoms with E-state index in [1.165, 1.54) is 5.56 Å². The number of benzene rings is 1. The molecule has 74 valence electrons. The van der Waals surface area contributed by atoms with Gasteiger partial charge in [0.2, 0.25) is 0 Å². The van der Waals surface area contributed by atoms with Crippen molar-refractivity contribution in [2.24, 2.45) is 5.92 Å². The van der Waals surface area contributed by atoms with E-state index in [0.717, 1.165) is 6.54 Å². The second kappa shape index (κ2) is 3.93. The third-order valence-corrected chi connectivity index (χ3v) is 2.90. The molecule has 1 aliphatic rings. The molecule has 0 aliphatic carbocycles. The molecule has 1 aromatic carbocycles. The molecule has 1 aromatic rings. The van der Waals surface area contributed by atoms with Gasteiger partial charge < -0.3 is 5.32 Å². The predicted molar refractivity (Wildman–Crippen MR) is 56.0 cm³/mol. The Bertz CT molecular complexity index is 320. The number of nitrogens with one attached hydrogen (secondary N) is 1. The summed E-state index contributed by atoms with van der Waals surface area (Å²) in [5, 5.41) is 3.39. The SMILES string of the molecule is C[C@@H]1C(=O)CCN[C@@H]1c1ccccc1. The van der Waals surface area contributed by atoms with E-state index in [-0.39, 0.29) is 12.0 Å². The van der Waals surface area contributed by atoms with E-state index in [1.807, 2.05) is 25.1 Å². The van der Waals surface area contributed by atoms with Gasteiger partial charge in [0.1, 0.15) is 5.78 Å².